The van der Waals surface area contributed by atoms with E-state index in [2.05, 4.69) is 21.9 Å². The number of hydrogen-bond donors (Lipinski definition) is 1. The van der Waals surface area contributed by atoms with Gasteiger partial charge in [0.1, 0.15) is 0 Å². The van der Waals surface area contributed by atoms with Crippen LogP contribution in [0.1, 0.15) is 12.8 Å². The number of carbonyl (C=O) groups is 1. The summed E-state index contributed by atoms with van der Waals surface area (Å²) < 4.78 is 0. The van der Waals surface area contributed by atoms with Crippen molar-refractivity contribution in [3.05, 3.63) is 24.3 Å². The van der Waals surface area contributed by atoms with Gasteiger partial charge in [-0.05, 0) is 37.2 Å². The quantitative estimate of drug-likeness (QED) is 0.830. The zero-order chi connectivity index (χ0) is 15.2. The smallest absolute Gasteiger partial charge is 0.222 e. The van der Waals surface area contributed by atoms with Crippen LogP contribution in [-0.2, 0) is 4.79 Å². The van der Waals surface area contributed by atoms with Crippen LogP contribution in [0.3, 0.4) is 0 Å². The topological polar surface area (TPSA) is 52.8 Å². The Bertz CT molecular complexity index is 450. The van der Waals surface area contributed by atoms with Crippen LogP contribution in [0.25, 0.3) is 0 Å². The molecule has 1 aromatic carbocycles. The molecule has 0 atom stereocenters. The van der Waals surface area contributed by atoms with Crippen molar-refractivity contribution in [2.45, 2.75) is 12.8 Å². The number of nitrogens with two attached hydrogens (primary N) is 1. The molecule has 1 amide bonds. The van der Waals surface area contributed by atoms with Crippen LogP contribution in [-0.4, -0.2) is 62.5 Å². The Balaban J connectivity index is 1.71. The minimum Gasteiger partial charge on any atom is -0.399 e. The van der Waals surface area contributed by atoms with Crippen molar-refractivity contribution in [3.8, 4) is 0 Å². The molecule has 5 heteroatoms. The van der Waals surface area contributed by atoms with Gasteiger partial charge in [-0.2, -0.15) is 0 Å². The molecule has 1 fully saturated rings. The van der Waals surface area contributed by atoms with Gasteiger partial charge in [0.25, 0.3) is 0 Å². The first-order chi connectivity index (χ1) is 10.1. The molecule has 2 N–H and O–H groups in total. The predicted molar refractivity (Wildman–Crippen MR) is 87.4 cm³/mol. The van der Waals surface area contributed by atoms with Crippen LogP contribution >= 0.6 is 0 Å². The molecular formula is C16H26N4O. The van der Waals surface area contributed by atoms with E-state index in [0.29, 0.717) is 6.42 Å². The zero-order valence-corrected chi connectivity index (χ0v) is 13.1. The first-order valence-electron chi connectivity index (χ1n) is 7.59. The van der Waals surface area contributed by atoms with Crippen molar-refractivity contribution in [1.29, 1.82) is 0 Å². The fraction of sp³-hybridized carbons (Fsp3) is 0.562. The largest absolute Gasteiger partial charge is 0.399 e. The van der Waals surface area contributed by atoms with E-state index in [9.17, 15) is 4.79 Å². The molecule has 0 unspecified atom stereocenters. The standard InChI is InChI=1S/C16H26N4O/c1-18(2)16(21)4-3-9-19-10-12-20(13-11-19)15-7-5-14(17)6-8-15/h5-8H,3-4,9-13,17H2,1-2H3. The predicted octanol–water partition coefficient (Wildman–Crippen LogP) is 1.26. The van der Waals surface area contributed by atoms with E-state index in [1.165, 1.54) is 5.69 Å². The Morgan fingerprint density at radius 2 is 1.76 bits per heavy atom. The maximum atomic E-state index is 11.5. The summed E-state index contributed by atoms with van der Waals surface area (Å²) >= 11 is 0. The van der Waals surface area contributed by atoms with Gasteiger partial charge in [0.2, 0.25) is 5.91 Å². The van der Waals surface area contributed by atoms with Crippen molar-refractivity contribution in [3.63, 3.8) is 0 Å². The first kappa shape index (κ1) is 15.6. The molecule has 21 heavy (non-hydrogen) atoms. The lowest BCUT2D eigenvalue weighted by atomic mass is 10.2. The highest BCUT2D eigenvalue weighted by Crippen LogP contribution is 2.18. The molecule has 5 nitrogen and oxygen atoms in total. The molecule has 0 saturated carbocycles. The Kier molecular flexibility index (Phi) is 5.44. The lowest BCUT2D eigenvalue weighted by molar-refractivity contribution is -0.128. The molecule has 1 aliphatic rings. The number of hydrogen-bond acceptors (Lipinski definition) is 4. The summed E-state index contributed by atoms with van der Waals surface area (Å²) in [6.07, 6.45) is 1.59. The van der Waals surface area contributed by atoms with E-state index in [0.717, 1.165) is 44.8 Å². The summed E-state index contributed by atoms with van der Waals surface area (Å²) in [4.78, 5) is 18.0. The molecule has 0 radical (unpaired) electrons. The van der Waals surface area contributed by atoms with E-state index >= 15 is 0 Å². The Labute approximate surface area is 127 Å². The molecule has 1 aliphatic heterocycles. The van der Waals surface area contributed by atoms with Crippen LogP contribution < -0.4 is 10.6 Å². The van der Waals surface area contributed by atoms with Crippen molar-refractivity contribution in [2.24, 2.45) is 0 Å². The molecular weight excluding hydrogens is 264 g/mol. The Hall–Kier alpha value is -1.75. The van der Waals surface area contributed by atoms with Crippen molar-refractivity contribution < 1.29 is 4.79 Å². The zero-order valence-electron chi connectivity index (χ0n) is 13.1. The summed E-state index contributed by atoms with van der Waals surface area (Å²) in [5.41, 5.74) is 7.77. The molecule has 0 aromatic heterocycles. The van der Waals surface area contributed by atoms with Crippen LogP contribution in [0.15, 0.2) is 24.3 Å². The molecule has 0 aliphatic carbocycles. The fourth-order valence-corrected chi connectivity index (χ4v) is 2.59. The SMILES string of the molecule is CN(C)C(=O)CCCN1CCN(c2ccc(N)cc2)CC1. The van der Waals surface area contributed by atoms with E-state index in [1.54, 1.807) is 4.90 Å². The number of benzene rings is 1. The number of carbonyl (C=O) groups excluding carboxylic acids is 1. The van der Waals surface area contributed by atoms with Crippen LogP contribution in [0.5, 0.6) is 0 Å². The van der Waals surface area contributed by atoms with Crippen LogP contribution in [0.4, 0.5) is 11.4 Å². The number of rotatable bonds is 5. The first-order valence-corrected chi connectivity index (χ1v) is 7.59. The molecule has 1 saturated heterocycles. The van der Waals surface area contributed by atoms with E-state index in [4.69, 9.17) is 5.73 Å². The average molecular weight is 290 g/mol. The fourth-order valence-electron chi connectivity index (χ4n) is 2.59. The van der Waals surface area contributed by atoms with Gasteiger partial charge in [0.15, 0.2) is 0 Å². The van der Waals surface area contributed by atoms with Crippen molar-refractivity contribution in [1.82, 2.24) is 9.80 Å². The highest BCUT2D eigenvalue weighted by molar-refractivity contribution is 5.75. The average Bonchev–Trinajstić information content (AvgIpc) is 2.48. The summed E-state index contributed by atoms with van der Waals surface area (Å²) in [6, 6.07) is 8.07. The van der Waals surface area contributed by atoms with Gasteiger partial charge in [-0.25, -0.2) is 0 Å². The number of anilines is 2. The summed E-state index contributed by atoms with van der Waals surface area (Å²) in [5, 5.41) is 0. The van der Waals surface area contributed by atoms with E-state index in [-0.39, 0.29) is 5.91 Å². The third-order valence-electron chi connectivity index (χ3n) is 3.99. The molecule has 1 aromatic rings. The third kappa shape index (κ3) is 4.63. The van der Waals surface area contributed by atoms with Gasteiger partial charge in [0, 0.05) is 58.1 Å². The number of amides is 1. The van der Waals surface area contributed by atoms with Crippen molar-refractivity contribution >= 4 is 17.3 Å². The van der Waals surface area contributed by atoms with Gasteiger partial charge in [-0.15, -0.1) is 0 Å². The maximum Gasteiger partial charge on any atom is 0.222 e. The summed E-state index contributed by atoms with van der Waals surface area (Å²) in [6.45, 7) is 5.19. The summed E-state index contributed by atoms with van der Waals surface area (Å²) in [7, 11) is 3.63. The monoisotopic (exact) mass is 290 g/mol. The maximum absolute atomic E-state index is 11.5. The van der Waals surface area contributed by atoms with Gasteiger partial charge in [-0.1, -0.05) is 0 Å². The lowest BCUT2D eigenvalue weighted by Gasteiger charge is -2.36. The van der Waals surface area contributed by atoms with Crippen LogP contribution in [0.2, 0.25) is 0 Å². The molecule has 0 bridgehead atoms. The van der Waals surface area contributed by atoms with E-state index < -0.39 is 0 Å². The van der Waals surface area contributed by atoms with Crippen molar-refractivity contribution in [2.75, 3.05) is 57.5 Å². The van der Waals surface area contributed by atoms with Gasteiger partial charge in [0.05, 0.1) is 0 Å². The second kappa shape index (κ2) is 7.31. The van der Waals surface area contributed by atoms with E-state index in [1.807, 2.05) is 26.2 Å². The lowest BCUT2D eigenvalue weighted by Crippen LogP contribution is -2.46. The Morgan fingerprint density at radius 1 is 1.14 bits per heavy atom. The highest BCUT2D eigenvalue weighted by Gasteiger charge is 2.17. The number of nitrogen functional groups attached to an aromatic ring is 1. The van der Waals surface area contributed by atoms with Gasteiger partial charge >= 0.3 is 0 Å². The molecule has 116 valence electrons. The van der Waals surface area contributed by atoms with Gasteiger partial charge < -0.3 is 15.5 Å². The highest BCUT2D eigenvalue weighted by atomic mass is 16.2. The Morgan fingerprint density at radius 3 is 2.33 bits per heavy atom. The molecule has 2 rings (SSSR count). The van der Waals surface area contributed by atoms with Crippen LogP contribution in [0, 0.1) is 0 Å². The number of piperazine rings is 1. The second-order valence-corrected chi connectivity index (χ2v) is 5.81. The minimum absolute atomic E-state index is 0.218. The summed E-state index contributed by atoms with van der Waals surface area (Å²) in [5.74, 6) is 0.218. The second-order valence-electron chi connectivity index (χ2n) is 5.81. The van der Waals surface area contributed by atoms with Gasteiger partial charge in [-0.3, -0.25) is 9.69 Å². The minimum atomic E-state index is 0.218. The third-order valence-corrected chi connectivity index (χ3v) is 3.99. The molecule has 0 spiro atoms. The normalized spacial score (nSPS) is 16.0. The number of nitrogens with zero attached hydrogens (tertiary/aromatic N) is 3. The molecule has 1 heterocycles.